The molecule has 1 aromatic heterocycles. The van der Waals surface area contributed by atoms with Crippen LogP contribution in [-0.2, 0) is 0 Å². The number of amides is 2. The molecule has 2 fully saturated rings. The lowest BCUT2D eigenvalue weighted by Crippen LogP contribution is -2.29. The predicted octanol–water partition coefficient (Wildman–Crippen LogP) is 3.98. The Balaban J connectivity index is 1.31. The van der Waals surface area contributed by atoms with Crippen molar-refractivity contribution >= 4 is 23.1 Å². The number of nitrogens with one attached hydrogen (secondary N) is 3. The molecule has 1 aliphatic heterocycles. The molecular formula is C22H28FN5O2. The average molecular weight is 413 g/mol. The van der Waals surface area contributed by atoms with E-state index in [9.17, 15) is 9.18 Å². The molecule has 1 aromatic carbocycles. The number of pyridine rings is 1. The number of hydrogen-bond acceptors (Lipinski definition) is 5. The molecule has 0 spiro atoms. The molecule has 8 heteroatoms. The Labute approximate surface area is 176 Å². The number of benzene rings is 1. The summed E-state index contributed by atoms with van der Waals surface area (Å²) >= 11 is 0. The molecule has 1 saturated carbocycles. The Morgan fingerprint density at radius 1 is 1.17 bits per heavy atom. The quantitative estimate of drug-likeness (QED) is 0.668. The van der Waals surface area contributed by atoms with Gasteiger partial charge in [0.1, 0.15) is 11.9 Å². The third kappa shape index (κ3) is 4.99. The van der Waals surface area contributed by atoms with Crippen LogP contribution in [0.4, 0.5) is 26.2 Å². The SMILES string of the molecule is CNC1CCN(c2ccc(NC(=O)Nc3ccc(OC4CCCC4)nc3)c(F)c2)C1. The third-order valence-electron chi connectivity index (χ3n) is 5.75. The van der Waals surface area contributed by atoms with E-state index in [0.717, 1.165) is 38.0 Å². The fraction of sp³-hybridized carbons (Fsp3) is 0.455. The zero-order chi connectivity index (χ0) is 20.9. The number of rotatable bonds is 6. The van der Waals surface area contributed by atoms with Gasteiger partial charge in [0.15, 0.2) is 0 Å². The van der Waals surface area contributed by atoms with Crippen LogP contribution in [0.25, 0.3) is 0 Å². The molecule has 4 rings (SSSR count). The van der Waals surface area contributed by atoms with E-state index >= 15 is 0 Å². The normalized spacial score (nSPS) is 19.1. The number of likely N-dealkylation sites (N-methyl/N-ethyl adjacent to an activating group) is 1. The highest BCUT2D eigenvalue weighted by Gasteiger charge is 2.22. The van der Waals surface area contributed by atoms with E-state index in [2.05, 4.69) is 25.8 Å². The average Bonchev–Trinajstić information content (AvgIpc) is 3.43. The Morgan fingerprint density at radius 2 is 2.00 bits per heavy atom. The lowest BCUT2D eigenvalue weighted by molar-refractivity contribution is 0.201. The number of carbonyl (C=O) groups excluding carboxylic acids is 1. The number of halogens is 1. The van der Waals surface area contributed by atoms with E-state index < -0.39 is 11.8 Å². The third-order valence-corrected chi connectivity index (χ3v) is 5.75. The molecule has 7 nitrogen and oxygen atoms in total. The highest BCUT2D eigenvalue weighted by atomic mass is 19.1. The van der Waals surface area contributed by atoms with Crippen LogP contribution in [0.1, 0.15) is 32.1 Å². The van der Waals surface area contributed by atoms with Crippen LogP contribution in [0, 0.1) is 5.82 Å². The molecule has 0 radical (unpaired) electrons. The van der Waals surface area contributed by atoms with Gasteiger partial charge in [-0.1, -0.05) is 0 Å². The van der Waals surface area contributed by atoms with Crippen LogP contribution in [0.2, 0.25) is 0 Å². The summed E-state index contributed by atoms with van der Waals surface area (Å²) in [7, 11) is 1.94. The van der Waals surface area contributed by atoms with Crippen molar-refractivity contribution in [2.24, 2.45) is 0 Å². The van der Waals surface area contributed by atoms with Crippen molar-refractivity contribution in [3.63, 3.8) is 0 Å². The largest absolute Gasteiger partial charge is 0.474 e. The van der Waals surface area contributed by atoms with Crippen LogP contribution in [0.3, 0.4) is 0 Å². The van der Waals surface area contributed by atoms with Crippen molar-refractivity contribution in [2.75, 3.05) is 35.7 Å². The molecule has 1 unspecified atom stereocenters. The number of anilines is 3. The zero-order valence-corrected chi connectivity index (χ0v) is 17.2. The molecule has 2 aromatic rings. The van der Waals surface area contributed by atoms with Crippen LogP contribution >= 0.6 is 0 Å². The molecule has 2 aliphatic rings. The van der Waals surface area contributed by atoms with Gasteiger partial charge in [0.25, 0.3) is 0 Å². The maximum atomic E-state index is 14.5. The number of ether oxygens (including phenoxy) is 1. The Hall–Kier alpha value is -2.87. The van der Waals surface area contributed by atoms with Crippen molar-refractivity contribution in [1.29, 1.82) is 0 Å². The minimum absolute atomic E-state index is 0.134. The molecule has 3 N–H and O–H groups in total. The number of hydrogen-bond donors (Lipinski definition) is 3. The van der Waals surface area contributed by atoms with Gasteiger partial charge in [-0.05, 0) is 63.4 Å². The first kappa shape index (κ1) is 20.4. The van der Waals surface area contributed by atoms with Gasteiger partial charge >= 0.3 is 6.03 Å². The van der Waals surface area contributed by atoms with E-state index in [1.165, 1.54) is 25.1 Å². The first-order valence-electron chi connectivity index (χ1n) is 10.5. The fourth-order valence-corrected chi connectivity index (χ4v) is 4.02. The molecule has 2 amide bonds. The molecule has 160 valence electrons. The van der Waals surface area contributed by atoms with Crippen LogP contribution < -0.4 is 25.6 Å². The summed E-state index contributed by atoms with van der Waals surface area (Å²) in [5, 5.41) is 8.47. The van der Waals surface area contributed by atoms with E-state index in [0.29, 0.717) is 17.6 Å². The second-order valence-electron chi connectivity index (χ2n) is 7.87. The lowest BCUT2D eigenvalue weighted by Gasteiger charge is -2.19. The molecule has 2 heterocycles. The molecule has 1 saturated heterocycles. The van der Waals surface area contributed by atoms with E-state index in [4.69, 9.17) is 4.74 Å². The molecule has 1 atom stereocenters. The van der Waals surface area contributed by atoms with Crippen molar-refractivity contribution in [3.05, 3.63) is 42.3 Å². The maximum absolute atomic E-state index is 14.5. The van der Waals surface area contributed by atoms with Gasteiger partial charge in [-0.2, -0.15) is 0 Å². The van der Waals surface area contributed by atoms with E-state index in [1.54, 1.807) is 18.2 Å². The smallest absolute Gasteiger partial charge is 0.323 e. The Kier molecular flexibility index (Phi) is 6.32. The standard InChI is InChI=1S/C22H28FN5O2/c1-24-16-10-11-28(14-16)17-7-8-20(19(23)12-17)27-22(29)26-15-6-9-21(25-13-15)30-18-4-2-3-5-18/h6-9,12-13,16,18,24H,2-5,10-11,14H2,1H3,(H2,26,27,29). The molecule has 1 aliphatic carbocycles. The first-order chi connectivity index (χ1) is 14.6. The first-order valence-corrected chi connectivity index (χ1v) is 10.5. The summed E-state index contributed by atoms with van der Waals surface area (Å²) < 4.78 is 20.3. The van der Waals surface area contributed by atoms with Crippen LogP contribution in [-0.4, -0.2) is 43.3 Å². The lowest BCUT2D eigenvalue weighted by atomic mass is 10.2. The second kappa shape index (κ2) is 9.30. The van der Waals surface area contributed by atoms with Crippen molar-refractivity contribution in [1.82, 2.24) is 10.3 Å². The summed E-state index contributed by atoms with van der Waals surface area (Å²) in [5.41, 5.74) is 1.46. The van der Waals surface area contributed by atoms with Gasteiger partial charge in [0.05, 0.1) is 17.6 Å². The maximum Gasteiger partial charge on any atom is 0.323 e. The minimum Gasteiger partial charge on any atom is -0.474 e. The van der Waals surface area contributed by atoms with E-state index in [-0.39, 0.29) is 11.8 Å². The highest BCUT2D eigenvalue weighted by molar-refractivity contribution is 5.99. The van der Waals surface area contributed by atoms with Gasteiger partial charge in [0.2, 0.25) is 5.88 Å². The molecule has 0 bridgehead atoms. The van der Waals surface area contributed by atoms with Crippen molar-refractivity contribution in [2.45, 2.75) is 44.2 Å². The Bertz CT molecular complexity index is 870. The molecule has 30 heavy (non-hydrogen) atoms. The Morgan fingerprint density at radius 3 is 2.67 bits per heavy atom. The topological polar surface area (TPSA) is 78.5 Å². The summed E-state index contributed by atoms with van der Waals surface area (Å²) in [5.74, 6) is 0.0888. The number of aromatic nitrogens is 1. The predicted molar refractivity (Wildman–Crippen MR) is 116 cm³/mol. The summed E-state index contributed by atoms with van der Waals surface area (Å²) in [6.07, 6.45) is 7.29. The van der Waals surface area contributed by atoms with Gasteiger partial charge in [-0.15, -0.1) is 0 Å². The second-order valence-corrected chi connectivity index (χ2v) is 7.87. The molecular weight excluding hydrogens is 385 g/mol. The van der Waals surface area contributed by atoms with Gasteiger partial charge in [-0.25, -0.2) is 14.2 Å². The summed E-state index contributed by atoms with van der Waals surface area (Å²) in [6, 6.07) is 8.23. The fourth-order valence-electron chi connectivity index (χ4n) is 4.02. The van der Waals surface area contributed by atoms with Crippen molar-refractivity contribution < 1.29 is 13.9 Å². The number of carbonyl (C=O) groups is 1. The van der Waals surface area contributed by atoms with Crippen LogP contribution in [0.5, 0.6) is 5.88 Å². The van der Waals surface area contributed by atoms with Gasteiger partial charge in [0, 0.05) is 30.9 Å². The monoisotopic (exact) mass is 413 g/mol. The van der Waals surface area contributed by atoms with Gasteiger partial charge < -0.3 is 25.6 Å². The van der Waals surface area contributed by atoms with Gasteiger partial charge in [-0.3, -0.25) is 0 Å². The highest BCUT2D eigenvalue weighted by Crippen LogP contribution is 2.26. The minimum atomic E-state index is -0.524. The van der Waals surface area contributed by atoms with E-state index in [1.807, 2.05) is 13.1 Å². The van der Waals surface area contributed by atoms with Crippen LogP contribution in [0.15, 0.2) is 36.5 Å². The van der Waals surface area contributed by atoms with Crippen molar-refractivity contribution in [3.8, 4) is 5.88 Å². The zero-order valence-electron chi connectivity index (χ0n) is 17.2. The summed E-state index contributed by atoms with van der Waals surface area (Å²) in [4.78, 5) is 18.6. The number of nitrogens with zero attached hydrogens (tertiary/aromatic N) is 2. The number of urea groups is 1. The summed E-state index contributed by atoms with van der Waals surface area (Å²) in [6.45, 7) is 1.72.